The number of amides is 1. The minimum absolute atomic E-state index is 0.152. The third-order valence-corrected chi connectivity index (χ3v) is 4.35. The van der Waals surface area contributed by atoms with E-state index >= 15 is 0 Å². The molecule has 0 fully saturated rings. The van der Waals surface area contributed by atoms with Crippen LogP contribution in [0.3, 0.4) is 0 Å². The summed E-state index contributed by atoms with van der Waals surface area (Å²) in [6, 6.07) is 11.3. The van der Waals surface area contributed by atoms with Gasteiger partial charge in [-0.05, 0) is 38.1 Å². The molecular weight excluding hydrogens is 322 g/mol. The Kier molecular flexibility index (Phi) is 4.81. The molecule has 0 aliphatic rings. The molecule has 0 aromatic carbocycles. The summed E-state index contributed by atoms with van der Waals surface area (Å²) in [6.07, 6.45) is 1.70. The Morgan fingerprint density at radius 3 is 2.75 bits per heavy atom. The number of hydrogen-bond donors (Lipinski definition) is 2. The molecule has 3 aromatic rings. The zero-order valence-electron chi connectivity index (χ0n) is 13.4. The van der Waals surface area contributed by atoms with Crippen molar-refractivity contribution in [3.8, 4) is 0 Å². The molecule has 2 N–H and O–H groups in total. The van der Waals surface area contributed by atoms with E-state index in [1.54, 1.807) is 6.20 Å². The van der Waals surface area contributed by atoms with E-state index in [-0.39, 0.29) is 5.91 Å². The monoisotopic (exact) mass is 339 g/mol. The van der Waals surface area contributed by atoms with Gasteiger partial charge >= 0.3 is 0 Å². The molecule has 3 aromatic heterocycles. The molecule has 0 atom stereocenters. The summed E-state index contributed by atoms with van der Waals surface area (Å²) < 4.78 is 0. The molecule has 6 nitrogen and oxygen atoms in total. The van der Waals surface area contributed by atoms with Crippen molar-refractivity contribution in [2.45, 2.75) is 20.4 Å². The normalized spacial score (nSPS) is 10.4. The average Bonchev–Trinajstić information content (AvgIpc) is 2.94. The lowest BCUT2D eigenvalue weighted by Crippen LogP contribution is -2.23. The van der Waals surface area contributed by atoms with Crippen molar-refractivity contribution in [3.05, 3.63) is 64.6 Å². The Bertz CT molecular complexity index is 847. The van der Waals surface area contributed by atoms with E-state index in [4.69, 9.17) is 0 Å². The van der Waals surface area contributed by atoms with Gasteiger partial charge in [-0.3, -0.25) is 9.78 Å². The number of aryl methyl sites for hydroxylation is 2. The Hall–Kier alpha value is -2.80. The van der Waals surface area contributed by atoms with Gasteiger partial charge < -0.3 is 10.6 Å². The largest absolute Gasteiger partial charge is 0.346 e. The predicted molar refractivity (Wildman–Crippen MR) is 94.5 cm³/mol. The lowest BCUT2D eigenvalue weighted by atomic mass is 10.3. The maximum Gasteiger partial charge on any atom is 0.263 e. The zero-order chi connectivity index (χ0) is 16.9. The van der Waals surface area contributed by atoms with E-state index in [9.17, 15) is 4.79 Å². The highest BCUT2D eigenvalue weighted by Crippen LogP contribution is 2.25. The predicted octanol–water partition coefficient (Wildman–Crippen LogP) is 3.22. The molecule has 0 saturated heterocycles. The van der Waals surface area contributed by atoms with Crippen LogP contribution in [0.15, 0.2) is 42.6 Å². The van der Waals surface area contributed by atoms with Gasteiger partial charge in [-0.25, -0.2) is 9.97 Å². The summed E-state index contributed by atoms with van der Waals surface area (Å²) >= 11 is 1.31. The quantitative estimate of drug-likeness (QED) is 0.746. The summed E-state index contributed by atoms with van der Waals surface area (Å²) in [5.41, 5.74) is 2.42. The van der Waals surface area contributed by atoms with Crippen molar-refractivity contribution in [2.75, 3.05) is 5.32 Å². The van der Waals surface area contributed by atoms with Crippen LogP contribution in [-0.4, -0.2) is 20.9 Å². The molecule has 0 bridgehead atoms. The maximum absolute atomic E-state index is 12.3. The minimum Gasteiger partial charge on any atom is -0.346 e. The number of nitrogens with one attached hydrogen (secondary N) is 2. The molecule has 1 amide bonds. The average molecular weight is 339 g/mol. The Morgan fingerprint density at radius 1 is 1.12 bits per heavy atom. The third kappa shape index (κ3) is 3.94. The standard InChI is InChI=1S/C17H17N5OS/c1-11-6-5-8-14(20-11)22-17-21-12(2)15(24-17)16(23)19-10-13-7-3-4-9-18-13/h3-9H,10H2,1-2H3,(H,19,23)(H,20,21,22). The van der Waals surface area contributed by atoms with Crippen LogP contribution in [0.1, 0.15) is 26.8 Å². The first-order valence-corrected chi connectivity index (χ1v) is 8.29. The number of pyridine rings is 2. The van der Waals surface area contributed by atoms with E-state index < -0.39 is 0 Å². The lowest BCUT2D eigenvalue weighted by molar-refractivity contribution is 0.0953. The molecule has 0 saturated carbocycles. The smallest absolute Gasteiger partial charge is 0.263 e. The molecule has 0 radical (unpaired) electrons. The van der Waals surface area contributed by atoms with Gasteiger partial charge in [0.2, 0.25) is 0 Å². The first-order valence-electron chi connectivity index (χ1n) is 7.48. The summed E-state index contributed by atoms with van der Waals surface area (Å²) in [6.45, 7) is 4.13. The van der Waals surface area contributed by atoms with E-state index in [2.05, 4.69) is 25.6 Å². The number of hydrogen-bond acceptors (Lipinski definition) is 6. The van der Waals surface area contributed by atoms with Gasteiger partial charge in [-0.2, -0.15) is 0 Å². The lowest BCUT2D eigenvalue weighted by Gasteiger charge is -2.03. The molecular formula is C17H17N5OS. The molecule has 0 spiro atoms. The molecule has 3 heterocycles. The molecule has 3 rings (SSSR count). The fraction of sp³-hybridized carbons (Fsp3) is 0.176. The highest BCUT2D eigenvalue weighted by Gasteiger charge is 2.15. The summed E-state index contributed by atoms with van der Waals surface area (Å²) in [7, 11) is 0. The van der Waals surface area contributed by atoms with Crippen molar-refractivity contribution in [2.24, 2.45) is 0 Å². The highest BCUT2D eigenvalue weighted by molar-refractivity contribution is 7.17. The third-order valence-electron chi connectivity index (χ3n) is 3.28. The number of carbonyl (C=O) groups is 1. The molecule has 7 heteroatoms. The van der Waals surface area contributed by atoms with Crippen molar-refractivity contribution in [3.63, 3.8) is 0 Å². The van der Waals surface area contributed by atoms with Gasteiger partial charge in [-0.15, -0.1) is 0 Å². The second kappa shape index (κ2) is 7.18. The fourth-order valence-electron chi connectivity index (χ4n) is 2.14. The van der Waals surface area contributed by atoms with Crippen molar-refractivity contribution in [1.29, 1.82) is 0 Å². The molecule has 122 valence electrons. The van der Waals surface area contributed by atoms with E-state index in [0.29, 0.717) is 28.1 Å². The van der Waals surface area contributed by atoms with Crippen LogP contribution >= 0.6 is 11.3 Å². The molecule has 0 aliphatic heterocycles. The van der Waals surface area contributed by atoms with Crippen LogP contribution in [-0.2, 0) is 6.54 Å². The van der Waals surface area contributed by atoms with Gasteiger partial charge in [0.25, 0.3) is 5.91 Å². The van der Waals surface area contributed by atoms with Crippen LogP contribution < -0.4 is 10.6 Å². The number of aromatic nitrogens is 3. The van der Waals surface area contributed by atoms with E-state index in [1.807, 2.05) is 50.2 Å². The van der Waals surface area contributed by atoms with Crippen LogP contribution in [0.2, 0.25) is 0 Å². The molecule has 0 aliphatic carbocycles. The SMILES string of the molecule is Cc1cccc(Nc2nc(C)c(C(=O)NCc3ccccn3)s2)n1. The topological polar surface area (TPSA) is 79.8 Å². The second-order valence-electron chi connectivity index (χ2n) is 5.23. The number of carbonyl (C=O) groups excluding carboxylic acids is 1. The van der Waals surface area contributed by atoms with Gasteiger partial charge in [0.15, 0.2) is 5.13 Å². The number of anilines is 2. The number of rotatable bonds is 5. The Morgan fingerprint density at radius 2 is 2.00 bits per heavy atom. The number of nitrogens with zero attached hydrogens (tertiary/aromatic N) is 3. The van der Waals surface area contributed by atoms with Crippen molar-refractivity contribution >= 4 is 28.2 Å². The zero-order valence-corrected chi connectivity index (χ0v) is 14.2. The summed E-state index contributed by atoms with van der Waals surface area (Å²) in [5, 5.41) is 6.65. The molecule has 0 unspecified atom stereocenters. The second-order valence-corrected chi connectivity index (χ2v) is 6.23. The Balaban J connectivity index is 1.68. The van der Waals surface area contributed by atoms with Gasteiger partial charge in [0.05, 0.1) is 17.9 Å². The van der Waals surface area contributed by atoms with Crippen LogP contribution in [0.5, 0.6) is 0 Å². The maximum atomic E-state index is 12.3. The summed E-state index contributed by atoms with van der Waals surface area (Å²) in [4.78, 5) is 25.9. The summed E-state index contributed by atoms with van der Waals surface area (Å²) in [5.74, 6) is 0.560. The minimum atomic E-state index is -0.152. The first-order chi connectivity index (χ1) is 11.6. The van der Waals surface area contributed by atoms with E-state index in [0.717, 1.165) is 11.4 Å². The Labute approximate surface area is 144 Å². The van der Waals surface area contributed by atoms with Crippen molar-refractivity contribution < 1.29 is 4.79 Å². The van der Waals surface area contributed by atoms with Gasteiger partial charge in [0, 0.05) is 11.9 Å². The molecule has 24 heavy (non-hydrogen) atoms. The van der Waals surface area contributed by atoms with Crippen LogP contribution in [0, 0.1) is 13.8 Å². The van der Waals surface area contributed by atoms with Crippen LogP contribution in [0.25, 0.3) is 0 Å². The first kappa shape index (κ1) is 16.1. The van der Waals surface area contributed by atoms with E-state index in [1.165, 1.54) is 11.3 Å². The van der Waals surface area contributed by atoms with Gasteiger partial charge in [-0.1, -0.05) is 23.5 Å². The van der Waals surface area contributed by atoms with Crippen molar-refractivity contribution in [1.82, 2.24) is 20.3 Å². The number of thiazole rings is 1. The highest BCUT2D eigenvalue weighted by atomic mass is 32.1. The van der Waals surface area contributed by atoms with Crippen LogP contribution in [0.4, 0.5) is 10.9 Å². The fourth-order valence-corrected chi connectivity index (χ4v) is 3.03. The van der Waals surface area contributed by atoms with Gasteiger partial charge in [0.1, 0.15) is 10.7 Å².